The second-order valence-electron chi connectivity index (χ2n) is 4.37. The van der Waals surface area contributed by atoms with Crippen LogP contribution in [0.2, 0.25) is 5.02 Å². The van der Waals surface area contributed by atoms with E-state index in [1.807, 2.05) is 0 Å². The molecular weight excluding hydrogens is 301 g/mol. The minimum absolute atomic E-state index is 0.0873. The molecule has 1 N–H and O–H groups in total. The van der Waals surface area contributed by atoms with Crippen molar-refractivity contribution in [2.24, 2.45) is 0 Å². The highest BCUT2D eigenvalue weighted by molar-refractivity contribution is 6.30. The molecule has 0 saturated carbocycles. The number of halogens is 4. The predicted octanol–water partition coefficient (Wildman–Crippen LogP) is 4.55. The lowest BCUT2D eigenvalue weighted by Gasteiger charge is -2.18. The molecule has 0 spiro atoms. The van der Waals surface area contributed by atoms with Gasteiger partial charge in [-0.3, -0.25) is 0 Å². The first-order chi connectivity index (χ1) is 9.92. The number of nitriles is 1. The smallest absolute Gasteiger partial charge is 0.290 e. The van der Waals surface area contributed by atoms with Crippen LogP contribution in [0.4, 0.5) is 18.9 Å². The van der Waals surface area contributed by atoms with Crippen molar-refractivity contribution in [3.05, 3.63) is 64.4 Å². The van der Waals surface area contributed by atoms with Crippen LogP contribution in [0.1, 0.15) is 11.1 Å². The van der Waals surface area contributed by atoms with E-state index in [-0.39, 0.29) is 21.8 Å². The van der Waals surface area contributed by atoms with Gasteiger partial charge in [-0.2, -0.15) is 14.0 Å². The highest BCUT2D eigenvalue weighted by Gasteiger charge is 2.31. The highest BCUT2D eigenvalue weighted by Crippen LogP contribution is 2.30. The van der Waals surface area contributed by atoms with E-state index in [1.165, 1.54) is 36.4 Å². The van der Waals surface area contributed by atoms with Crippen LogP contribution in [0.3, 0.4) is 0 Å². The lowest BCUT2D eigenvalue weighted by molar-refractivity contribution is 0.0106. The van der Waals surface area contributed by atoms with Gasteiger partial charge in [-0.05, 0) is 30.3 Å². The number of rotatable bonds is 4. The summed E-state index contributed by atoms with van der Waals surface area (Å²) in [6, 6.07) is 10.7. The third-order valence-electron chi connectivity index (χ3n) is 2.85. The summed E-state index contributed by atoms with van der Waals surface area (Å²) in [7, 11) is 0. The topological polar surface area (TPSA) is 35.8 Å². The zero-order valence-electron chi connectivity index (χ0n) is 10.7. The van der Waals surface area contributed by atoms with Crippen molar-refractivity contribution in [2.75, 3.05) is 11.9 Å². The maximum Gasteiger partial charge on any atom is 0.290 e. The van der Waals surface area contributed by atoms with Gasteiger partial charge < -0.3 is 5.32 Å². The van der Waals surface area contributed by atoms with E-state index in [2.05, 4.69) is 5.32 Å². The minimum atomic E-state index is -3.20. The first-order valence-electron chi connectivity index (χ1n) is 6.00. The van der Waals surface area contributed by atoms with Gasteiger partial charge in [-0.1, -0.05) is 23.7 Å². The molecule has 6 heteroatoms. The van der Waals surface area contributed by atoms with Crippen molar-refractivity contribution in [2.45, 2.75) is 5.92 Å². The molecule has 0 bridgehead atoms. The summed E-state index contributed by atoms with van der Waals surface area (Å²) in [6.45, 7) is -0.782. The highest BCUT2D eigenvalue weighted by atomic mass is 35.5. The van der Waals surface area contributed by atoms with Gasteiger partial charge in [0, 0.05) is 10.6 Å². The summed E-state index contributed by atoms with van der Waals surface area (Å²) in [6.07, 6.45) is 0. The molecule has 2 aromatic rings. The zero-order valence-corrected chi connectivity index (χ0v) is 11.5. The molecule has 0 heterocycles. The molecule has 0 aliphatic rings. The predicted molar refractivity (Wildman–Crippen MR) is 75.0 cm³/mol. The van der Waals surface area contributed by atoms with Crippen LogP contribution in [0.5, 0.6) is 0 Å². The van der Waals surface area contributed by atoms with Crippen molar-refractivity contribution in [1.29, 1.82) is 5.26 Å². The largest absolute Gasteiger partial charge is 0.376 e. The third-order valence-corrected chi connectivity index (χ3v) is 3.08. The van der Waals surface area contributed by atoms with Crippen LogP contribution in [-0.4, -0.2) is 6.54 Å². The van der Waals surface area contributed by atoms with E-state index >= 15 is 0 Å². The fourth-order valence-corrected chi connectivity index (χ4v) is 1.94. The molecule has 0 amide bonds. The van der Waals surface area contributed by atoms with Crippen LogP contribution in [0.25, 0.3) is 0 Å². The molecule has 21 heavy (non-hydrogen) atoms. The Hall–Kier alpha value is -2.19. The molecule has 108 valence electrons. The molecular formula is C15H10ClF3N2. The second kappa shape index (κ2) is 6.06. The van der Waals surface area contributed by atoms with Gasteiger partial charge in [0.05, 0.1) is 23.9 Å². The number of hydrogen-bond donors (Lipinski definition) is 1. The normalized spacial score (nSPS) is 11.0. The minimum Gasteiger partial charge on any atom is -0.376 e. The van der Waals surface area contributed by atoms with Gasteiger partial charge >= 0.3 is 0 Å². The Morgan fingerprint density at radius 2 is 1.95 bits per heavy atom. The monoisotopic (exact) mass is 310 g/mol. The Kier molecular flexibility index (Phi) is 4.39. The van der Waals surface area contributed by atoms with E-state index in [1.54, 1.807) is 6.07 Å². The summed E-state index contributed by atoms with van der Waals surface area (Å²) in [5.41, 5.74) is -0.216. The third kappa shape index (κ3) is 3.67. The fourth-order valence-electron chi connectivity index (χ4n) is 1.75. The number of benzene rings is 2. The number of nitrogens with zero attached hydrogens (tertiary/aromatic N) is 1. The van der Waals surface area contributed by atoms with Crippen LogP contribution in [0.15, 0.2) is 42.5 Å². The van der Waals surface area contributed by atoms with E-state index in [0.717, 1.165) is 6.07 Å². The van der Waals surface area contributed by atoms with E-state index in [9.17, 15) is 13.2 Å². The maximum atomic E-state index is 14.0. The Balaban J connectivity index is 2.13. The molecule has 0 aliphatic heterocycles. The van der Waals surface area contributed by atoms with Crippen molar-refractivity contribution < 1.29 is 13.2 Å². The molecule has 0 saturated heterocycles. The lowest BCUT2D eigenvalue weighted by Crippen LogP contribution is -2.25. The first kappa shape index (κ1) is 15.2. The van der Waals surface area contributed by atoms with Gasteiger partial charge in [0.1, 0.15) is 5.82 Å². The lowest BCUT2D eigenvalue weighted by atomic mass is 10.1. The second-order valence-corrected chi connectivity index (χ2v) is 4.81. The van der Waals surface area contributed by atoms with Gasteiger partial charge in [-0.25, -0.2) is 4.39 Å². The quantitative estimate of drug-likeness (QED) is 0.899. The van der Waals surface area contributed by atoms with Crippen molar-refractivity contribution in [3.8, 4) is 6.07 Å². The standard InChI is InChI=1S/C15H10ClF3N2/c16-12-3-1-2-11(7-12)15(18,19)9-21-14-5-4-10(8-20)6-13(14)17/h1-7,21H,9H2. The molecule has 0 radical (unpaired) electrons. The van der Waals surface area contributed by atoms with Crippen molar-refractivity contribution in [1.82, 2.24) is 0 Å². The summed E-state index contributed by atoms with van der Waals surface area (Å²) in [4.78, 5) is 0. The SMILES string of the molecule is N#Cc1ccc(NCC(F)(F)c2cccc(Cl)c2)c(F)c1. The Bertz CT molecular complexity index is 696. The van der Waals surface area contributed by atoms with Gasteiger partial charge in [0.25, 0.3) is 5.92 Å². The molecule has 0 fully saturated rings. The van der Waals surface area contributed by atoms with Crippen LogP contribution in [-0.2, 0) is 5.92 Å². The van der Waals surface area contributed by atoms with E-state index in [4.69, 9.17) is 16.9 Å². The van der Waals surface area contributed by atoms with Crippen LogP contribution >= 0.6 is 11.6 Å². The molecule has 2 aromatic carbocycles. The number of nitrogens with one attached hydrogen (secondary N) is 1. The van der Waals surface area contributed by atoms with Gasteiger partial charge in [-0.15, -0.1) is 0 Å². The van der Waals surface area contributed by atoms with Gasteiger partial charge in [0.15, 0.2) is 0 Å². The Morgan fingerprint density at radius 1 is 1.19 bits per heavy atom. The first-order valence-corrected chi connectivity index (χ1v) is 6.37. The van der Waals surface area contributed by atoms with E-state index < -0.39 is 18.3 Å². The summed E-state index contributed by atoms with van der Waals surface area (Å²) < 4.78 is 41.6. The van der Waals surface area contributed by atoms with Crippen LogP contribution < -0.4 is 5.32 Å². The number of alkyl halides is 2. The molecule has 0 unspecified atom stereocenters. The average molecular weight is 311 g/mol. The number of anilines is 1. The maximum absolute atomic E-state index is 14.0. The van der Waals surface area contributed by atoms with Crippen molar-refractivity contribution >= 4 is 17.3 Å². The Labute approximate surface area is 124 Å². The van der Waals surface area contributed by atoms with E-state index in [0.29, 0.717) is 0 Å². The molecule has 0 aliphatic carbocycles. The molecule has 0 aromatic heterocycles. The Morgan fingerprint density at radius 3 is 2.57 bits per heavy atom. The molecule has 2 nitrogen and oxygen atoms in total. The molecule has 0 atom stereocenters. The summed E-state index contributed by atoms with van der Waals surface area (Å²) in [5.74, 6) is -3.96. The summed E-state index contributed by atoms with van der Waals surface area (Å²) >= 11 is 5.68. The summed E-state index contributed by atoms with van der Waals surface area (Å²) in [5, 5.41) is 11.2. The van der Waals surface area contributed by atoms with Gasteiger partial charge in [0.2, 0.25) is 0 Å². The average Bonchev–Trinajstić information content (AvgIpc) is 2.46. The fraction of sp³-hybridized carbons (Fsp3) is 0.133. The zero-order chi connectivity index (χ0) is 15.5. The molecule has 2 rings (SSSR count). The van der Waals surface area contributed by atoms with Crippen LogP contribution in [0, 0.1) is 17.1 Å². The van der Waals surface area contributed by atoms with Crippen molar-refractivity contribution in [3.63, 3.8) is 0 Å². The number of hydrogen-bond acceptors (Lipinski definition) is 2.